The van der Waals surface area contributed by atoms with E-state index < -0.39 is 0 Å². The number of pyridine rings is 1. The van der Waals surface area contributed by atoms with Crippen LogP contribution in [0.4, 0.5) is 11.5 Å². The number of nitrogens with zero attached hydrogens (tertiary/aromatic N) is 3. The van der Waals surface area contributed by atoms with E-state index in [0.717, 1.165) is 35.9 Å². The molecule has 0 unspecified atom stereocenters. The van der Waals surface area contributed by atoms with E-state index in [1.165, 1.54) is 24.0 Å². The van der Waals surface area contributed by atoms with Gasteiger partial charge in [-0.15, -0.1) is 24.0 Å². The molecule has 1 aliphatic rings. The van der Waals surface area contributed by atoms with Gasteiger partial charge in [0.15, 0.2) is 5.96 Å². The van der Waals surface area contributed by atoms with Crippen LogP contribution in [0.5, 0.6) is 0 Å². The third-order valence-corrected chi connectivity index (χ3v) is 4.36. The predicted octanol–water partition coefficient (Wildman–Crippen LogP) is 4.15. The van der Waals surface area contributed by atoms with Gasteiger partial charge in [0.1, 0.15) is 5.82 Å². The fourth-order valence-corrected chi connectivity index (χ4v) is 3.33. The van der Waals surface area contributed by atoms with Gasteiger partial charge >= 0.3 is 0 Å². The molecule has 0 aliphatic carbocycles. The number of aryl methyl sites for hydroxylation is 3. The lowest BCUT2D eigenvalue weighted by Gasteiger charge is -2.17. The standard InChI is InChI=1S/C20H27N5.HI/c1-14-8-15(2)10-18(9-14)24-20(21)22-13-17-11-16(3)23-19(12-17)25-6-4-5-7-25;/h8-12H,4-7,13H2,1-3H3,(H3,21,22,24);1H. The Morgan fingerprint density at radius 1 is 1.08 bits per heavy atom. The minimum absolute atomic E-state index is 0. The Bertz CT molecular complexity index is 762. The summed E-state index contributed by atoms with van der Waals surface area (Å²) in [6.07, 6.45) is 2.49. The molecule has 0 saturated carbocycles. The first-order valence-corrected chi connectivity index (χ1v) is 8.87. The van der Waals surface area contributed by atoms with E-state index in [0.29, 0.717) is 12.5 Å². The molecule has 1 saturated heterocycles. The van der Waals surface area contributed by atoms with Gasteiger partial charge in [0.25, 0.3) is 0 Å². The van der Waals surface area contributed by atoms with Crippen molar-refractivity contribution in [3.8, 4) is 0 Å². The SMILES string of the molecule is Cc1cc(C)cc(NC(N)=NCc2cc(C)nc(N3CCCC3)c2)c1.I. The maximum absolute atomic E-state index is 6.06. The third-order valence-electron chi connectivity index (χ3n) is 4.36. The van der Waals surface area contributed by atoms with Crippen molar-refractivity contribution in [2.75, 3.05) is 23.3 Å². The van der Waals surface area contributed by atoms with Crippen LogP contribution < -0.4 is 16.0 Å². The summed E-state index contributed by atoms with van der Waals surface area (Å²) < 4.78 is 0. The summed E-state index contributed by atoms with van der Waals surface area (Å²) in [7, 11) is 0. The Kier molecular flexibility index (Phi) is 7.25. The molecule has 0 amide bonds. The van der Waals surface area contributed by atoms with Gasteiger partial charge in [0.2, 0.25) is 0 Å². The fraction of sp³-hybridized carbons (Fsp3) is 0.400. The van der Waals surface area contributed by atoms with E-state index >= 15 is 0 Å². The second kappa shape index (κ2) is 9.21. The number of aromatic nitrogens is 1. The number of halogens is 1. The van der Waals surface area contributed by atoms with Crippen LogP contribution in [0.25, 0.3) is 0 Å². The summed E-state index contributed by atoms with van der Waals surface area (Å²) in [5.41, 5.74) is 11.6. The van der Waals surface area contributed by atoms with Crippen molar-refractivity contribution in [3.63, 3.8) is 0 Å². The molecule has 6 heteroatoms. The van der Waals surface area contributed by atoms with E-state index in [-0.39, 0.29) is 24.0 Å². The van der Waals surface area contributed by atoms with Gasteiger partial charge in [-0.2, -0.15) is 0 Å². The Labute approximate surface area is 173 Å². The minimum atomic E-state index is 0. The first-order valence-electron chi connectivity index (χ1n) is 8.87. The second-order valence-corrected chi connectivity index (χ2v) is 6.87. The molecule has 140 valence electrons. The number of hydrogen-bond donors (Lipinski definition) is 2. The summed E-state index contributed by atoms with van der Waals surface area (Å²) in [4.78, 5) is 11.5. The molecule has 2 aromatic rings. The number of benzene rings is 1. The highest BCUT2D eigenvalue weighted by Gasteiger charge is 2.14. The summed E-state index contributed by atoms with van der Waals surface area (Å²) in [6, 6.07) is 10.5. The van der Waals surface area contributed by atoms with Gasteiger partial charge in [-0.1, -0.05) is 6.07 Å². The van der Waals surface area contributed by atoms with Gasteiger partial charge < -0.3 is 16.0 Å². The lowest BCUT2D eigenvalue weighted by atomic mass is 10.1. The number of anilines is 2. The van der Waals surface area contributed by atoms with Crippen LogP contribution >= 0.6 is 24.0 Å². The van der Waals surface area contributed by atoms with Crippen molar-refractivity contribution >= 4 is 41.4 Å². The fourth-order valence-electron chi connectivity index (χ4n) is 3.33. The van der Waals surface area contributed by atoms with Crippen LogP contribution in [0, 0.1) is 20.8 Å². The van der Waals surface area contributed by atoms with Crippen LogP contribution in [-0.2, 0) is 6.54 Å². The first kappa shape index (κ1) is 20.5. The molecule has 0 bridgehead atoms. The first-order chi connectivity index (χ1) is 12.0. The molecule has 0 spiro atoms. The van der Waals surface area contributed by atoms with E-state index in [1.807, 2.05) is 6.92 Å². The topological polar surface area (TPSA) is 66.5 Å². The van der Waals surface area contributed by atoms with Crippen LogP contribution in [0.15, 0.2) is 35.3 Å². The van der Waals surface area contributed by atoms with Gasteiger partial charge in [0, 0.05) is 24.5 Å². The quantitative estimate of drug-likeness (QED) is 0.405. The smallest absolute Gasteiger partial charge is 0.193 e. The van der Waals surface area contributed by atoms with Crippen LogP contribution in [0.2, 0.25) is 0 Å². The molecule has 1 fully saturated rings. The van der Waals surface area contributed by atoms with Crippen molar-refractivity contribution in [1.82, 2.24) is 4.98 Å². The molecule has 3 N–H and O–H groups in total. The zero-order valence-corrected chi connectivity index (χ0v) is 18.1. The van der Waals surface area contributed by atoms with E-state index in [1.54, 1.807) is 0 Å². The van der Waals surface area contributed by atoms with Gasteiger partial charge in [-0.05, 0) is 74.6 Å². The molecule has 1 aromatic heterocycles. The molecular weight excluding hydrogens is 437 g/mol. The van der Waals surface area contributed by atoms with Crippen LogP contribution in [0.3, 0.4) is 0 Å². The largest absolute Gasteiger partial charge is 0.370 e. The third kappa shape index (κ3) is 5.59. The van der Waals surface area contributed by atoms with Crippen molar-refractivity contribution in [2.45, 2.75) is 40.2 Å². The molecule has 26 heavy (non-hydrogen) atoms. The van der Waals surface area contributed by atoms with Crippen LogP contribution in [0.1, 0.15) is 35.2 Å². The zero-order valence-electron chi connectivity index (χ0n) is 15.7. The number of hydrogen-bond acceptors (Lipinski definition) is 3. The average molecular weight is 465 g/mol. The molecular formula is C20H28IN5. The molecule has 0 radical (unpaired) electrons. The summed E-state index contributed by atoms with van der Waals surface area (Å²) in [5, 5.41) is 3.18. The second-order valence-electron chi connectivity index (χ2n) is 6.87. The van der Waals surface area contributed by atoms with Crippen LogP contribution in [-0.4, -0.2) is 24.0 Å². The minimum Gasteiger partial charge on any atom is -0.370 e. The highest BCUT2D eigenvalue weighted by atomic mass is 127. The number of nitrogens with two attached hydrogens (primary N) is 1. The van der Waals surface area contributed by atoms with E-state index in [2.05, 4.69) is 64.4 Å². The highest BCUT2D eigenvalue weighted by Crippen LogP contribution is 2.20. The Morgan fingerprint density at radius 2 is 1.73 bits per heavy atom. The lowest BCUT2D eigenvalue weighted by Crippen LogP contribution is -2.23. The van der Waals surface area contributed by atoms with E-state index in [4.69, 9.17) is 5.73 Å². The van der Waals surface area contributed by atoms with Crippen molar-refractivity contribution < 1.29 is 0 Å². The molecule has 5 nitrogen and oxygen atoms in total. The molecule has 1 aliphatic heterocycles. The van der Waals surface area contributed by atoms with Gasteiger partial charge in [0.05, 0.1) is 6.54 Å². The lowest BCUT2D eigenvalue weighted by molar-refractivity contribution is 0.918. The Balaban J connectivity index is 0.00000243. The normalized spacial score (nSPS) is 14.3. The average Bonchev–Trinajstić information content (AvgIpc) is 3.06. The van der Waals surface area contributed by atoms with Gasteiger partial charge in [-0.3, -0.25) is 0 Å². The zero-order chi connectivity index (χ0) is 17.8. The number of guanidine groups is 1. The maximum atomic E-state index is 6.06. The van der Waals surface area contributed by atoms with E-state index in [9.17, 15) is 0 Å². The molecule has 3 rings (SSSR count). The number of aliphatic imine (C=N–C) groups is 1. The van der Waals surface area contributed by atoms with Crippen molar-refractivity contribution in [3.05, 3.63) is 52.7 Å². The number of rotatable bonds is 4. The summed E-state index contributed by atoms with van der Waals surface area (Å²) >= 11 is 0. The molecule has 2 heterocycles. The summed E-state index contributed by atoms with van der Waals surface area (Å²) in [6.45, 7) is 8.92. The van der Waals surface area contributed by atoms with Crippen molar-refractivity contribution in [1.29, 1.82) is 0 Å². The predicted molar refractivity (Wildman–Crippen MR) is 121 cm³/mol. The Hall–Kier alpha value is -1.83. The molecule has 1 aromatic carbocycles. The van der Waals surface area contributed by atoms with Crippen molar-refractivity contribution in [2.24, 2.45) is 10.7 Å². The monoisotopic (exact) mass is 465 g/mol. The molecule has 0 atom stereocenters. The number of nitrogens with one attached hydrogen (secondary N) is 1. The Morgan fingerprint density at radius 3 is 2.38 bits per heavy atom. The maximum Gasteiger partial charge on any atom is 0.193 e. The summed E-state index contributed by atoms with van der Waals surface area (Å²) in [5.74, 6) is 1.49. The van der Waals surface area contributed by atoms with Gasteiger partial charge in [-0.25, -0.2) is 9.98 Å². The highest BCUT2D eigenvalue weighted by molar-refractivity contribution is 14.0.